The number of rotatable bonds is 9. The van der Waals surface area contributed by atoms with Crippen LogP contribution in [-0.4, -0.2) is 25.5 Å². The molecular weight excluding hydrogens is 404 g/mol. The van der Waals surface area contributed by atoms with Gasteiger partial charge < -0.3 is 20.1 Å². The molecule has 2 aromatic carbocycles. The second-order valence-electron chi connectivity index (χ2n) is 7.52. The highest BCUT2D eigenvalue weighted by atomic mass is 35.5. The first kappa shape index (κ1) is 23.5. The van der Waals surface area contributed by atoms with E-state index in [1.165, 1.54) is 14.0 Å². The van der Waals surface area contributed by atoms with E-state index in [9.17, 15) is 9.59 Å². The molecule has 162 valence electrons. The van der Waals surface area contributed by atoms with E-state index in [2.05, 4.69) is 24.5 Å². The van der Waals surface area contributed by atoms with Crippen LogP contribution in [0.1, 0.15) is 56.1 Å². The molecule has 1 atom stereocenters. The second kappa shape index (κ2) is 10.9. The summed E-state index contributed by atoms with van der Waals surface area (Å²) in [5.74, 6) is 0.914. The number of carbonyl (C=O) groups is 2. The Morgan fingerprint density at radius 3 is 2.50 bits per heavy atom. The summed E-state index contributed by atoms with van der Waals surface area (Å²) in [5, 5.41) is 6.00. The average Bonchev–Trinajstić information content (AvgIpc) is 2.68. The quantitative estimate of drug-likeness (QED) is 0.569. The zero-order chi connectivity index (χ0) is 22.3. The van der Waals surface area contributed by atoms with Gasteiger partial charge in [0.25, 0.3) is 5.91 Å². The molecule has 0 spiro atoms. The lowest BCUT2D eigenvalue weighted by Gasteiger charge is -2.17. The predicted octanol–water partition coefficient (Wildman–Crippen LogP) is 5.22. The van der Waals surface area contributed by atoms with Crippen LogP contribution in [0.5, 0.6) is 11.5 Å². The smallest absolute Gasteiger partial charge is 0.251 e. The maximum atomic E-state index is 12.8. The minimum Gasteiger partial charge on any atom is -0.493 e. The molecule has 0 saturated heterocycles. The van der Waals surface area contributed by atoms with Crippen molar-refractivity contribution in [1.29, 1.82) is 0 Å². The summed E-state index contributed by atoms with van der Waals surface area (Å²) in [5.41, 5.74) is 1.91. The number of amides is 2. The third-order valence-electron chi connectivity index (χ3n) is 4.49. The molecule has 0 aliphatic heterocycles. The molecule has 7 heteroatoms. The van der Waals surface area contributed by atoms with Crippen LogP contribution < -0.4 is 20.1 Å². The lowest BCUT2D eigenvalue weighted by atomic mass is 10.1. The summed E-state index contributed by atoms with van der Waals surface area (Å²) >= 11 is 6.37. The van der Waals surface area contributed by atoms with Crippen molar-refractivity contribution >= 4 is 29.1 Å². The van der Waals surface area contributed by atoms with E-state index in [0.717, 1.165) is 12.0 Å². The van der Waals surface area contributed by atoms with Crippen LogP contribution in [0.3, 0.4) is 0 Å². The molecule has 0 heterocycles. The number of halogens is 1. The van der Waals surface area contributed by atoms with Crippen molar-refractivity contribution in [3.8, 4) is 11.5 Å². The lowest BCUT2D eigenvalue weighted by molar-refractivity contribution is -0.114. The summed E-state index contributed by atoms with van der Waals surface area (Å²) in [6.45, 7) is 8.06. The average molecular weight is 433 g/mol. The fraction of sp³-hybridized carbons (Fsp3) is 0.391. The number of nitrogens with one attached hydrogen (secondary N) is 2. The molecular formula is C23H29ClN2O4. The monoisotopic (exact) mass is 432 g/mol. The first-order valence-corrected chi connectivity index (χ1v) is 10.3. The van der Waals surface area contributed by atoms with Crippen LogP contribution in [0, 0.1) is 5.92 Å². The topological polar surface area (TPSA) is 76.7 Å². The van der Waals surface area contributed by atoms with Gasteiger partial charge in [-0.3, -0.25) is 9.59 Å². The maximum absolute atomic E-state index is 12.8. The SMILES string of the molecule is COc1cc(C(=O)NC(C)c2cccc(NC(C)=O)c2)cc(Cl)c1OCCC(C)C. The van der Waals surface area contributed by atoms with Gasteiger partial charge in [-0.1, -0.05) is 37.6 Å². The summed E-state index contributed by atoms with van der Waals surface area (Å²) in [6.07, 6.45) is 0.886. The molecule has 2 rings (SSSR count). The van der Waals surface area contributed by atoms with Crippen molar-refractivity contribution in [2.75, 3.05) is 19.0 Å². The number of ether oxygens (including phenoxy) is 2. The Balaban J connectivity index is 2.14. The number of methoxy groups -OCH3 is 1. The first-order chi connectivity index (χ1) is 14.2. The van der Waals surface area contributed by atoms with E-state index in [1.807, 2.05) is 25.1 Å². The molecule has 1 unspecified atom stereocenters. The van der Waals surface area contributed by atoms with Gasteiger partial charge in [0.05, 0.1) is 24.8 Å². The van der Waals surface area contributed by atoms with Crippen molar-refractivity contribution in [3.05, 3.63) is 52.5 Å². The highest BCUT2D eigenvalue weighted by molar-refractivity contribution is 6.32. The Morgan fingerprint density at radius 2 is 1.87 bits per heavy atom. The third kappa shape index (κ3) is 6.66. The standard InChI is InChI=1S/C23H29ClN2O4/c1-14(2)9-10-30-22-20(24)12-18(13-21(22)29-5)23(28)25-15(3)17-7-6-8-19(11-17)26-16(4)27/h6-8,11-15H,9-10H2,1-5H3,(H,25,28)(H,26,27). The Labute approximate surface area is 182 Å². The Bertz CT molecular complexity index is 899. The second-order valence-corrected chi connectivity index (χ2v) is 7.93. The molecule has 30 heavy (non-hydrogen) atoms. The number of hydrogen-bond donors (Lipinski definition) is 2. The van der Waals surface area contributed by atoms with Gasteiger partial charge in [-0.15, -0.1) is 0 Å². The van der Waals surface area contributed by atoms with E-state index in [0.29, 0.717) is 40.3 Å². The van der Waals surface area contributed by atoms with Gasteiger partial charge in [-0.25, -0.2) is 0 Å². The Morgan fingerprint density at radius 1 is 1.13 bits per heavy atom. The van der Waals surface area contributed by atoms with Gasteiger partial charge in [0.15, 0.2) is 11.5 Å². The van der Waals surface area contributed by atoms with E-state index in [4.69, 9.17) is 21.1 Å². The lowest BCUT2D eigenvalue weighted by Crippen LogP contribution is -2.26. The van der Waals surface area contributed by atoms with E-state index < -0.39 is 0 Å². The summed E-state index contributed by atoms with van der Waals surface area (Å²) in [4.78, 5) is 24.1. The van der Waals surface area contributed by atoms with Crippen molar-refractivity contribution in [2.45, 2.75) is 40.2 Å². The van der Waals surface area contributed by atoms with Crippen LogP contribution in [0.2, 0.25) is 5.02 Å². The summed E-state index contributed by atoms with van der Waals surface area (Å²) in [7, 11) is 1.51. The van der Waals surface area contributed by atoms with Gasteiger partial charge >= 0.3 is 0 Å². The van der Waals surface area contributed by atoms with Crippen molar-refractivity contribution in [3.63, 3.8) is 0 Å². The number of carbonyl (C=O) groups excluding carboxylic acids is 2. The number of benzene rings is 2. The molecule has 0 aliphatic rings. The van der Waals surface area contributed by atoms with Gasteiger partial charge in [-0.05, 0) is 49.1 Å². The summed E-state index contributed by atoms with van der Waals surface area (Å²) in [6, 6.07) is 10.2. The largest absolute Gasteiger partial charge is 0.493 e. The van der Waals surface area contributed by atoms with Gasteiger partial charge in [-0.2, -0.15) is 0 Å². The number of hydrogen-bond acceptors (Lipinski definition) is 4. The van der Waals surface area contributed by atoms with Crippen LogP contribution in [-0.2, 0) is 4.79 Å². The molecule has 2 N–H and O–H groups in total. The van der Waals surface area contributed by atoms with Gasteiger partial charge in [0.1, 0.15) is 0 Å². The highest BCUT2D eigenvalue weighted by Crippen LogP contribution is 2.36. The third-order valence-corrected chi connectivity index (χ3v) is 4.77. The van der Waals surface area contributed by atoms with E-state index in [1.54, 1.807) is 18.2 Å². The molecule has 0 aromatic heterocycles. The number of anilines is 1. The van der Waals surface area contributed by atoms with Crippen molar-refractivity contribution < 1.29 is 19.1 Å². The molecule has 0 bridgehead atoms. The molecule has 6 nitrogen and oxygen atoms in total. The molecule has 0 aliphatic carbocycles. The molecule has 2 aromatic rings. The fourth-order valence-corrected chi connectivity index (χ4v) is 3.11. The zero-order valence-corrected chi connectivity index (χ0v) is 18.8. The molecule has 0 fully saturated rings. The zero-order valence-electron chi connectivity index (χ0n) is 18.0. The Kier molecular flexibility index (Phi) is 8.54. The molecule has 0 saturated carbocycles. The van der Waals surface area contributed by atoms with Crippen LogP contribution in [0.4, 0.5) is 5.69 Å². The van der Waals surface area contributed by atoms with Crippen LogP contribution >= 0.6 is 11.6 Å². The predicted molar refractivity (Wildman–Crippen MR) is 120 cm³/mol. The van der Waals surface area contributed by atoms with Gasteiger partial charge in [0.2, 0.25) is 5.91 Å². The van der Waals surface area contributed by atoms with Crippen molar-refractivity contribution in [1.82, 2.24) is 5.32 Å². The van der Waals surface area contributed by atoms with Crippen LogP contribution in [0.25, 0.3) is 0 Å². The fourth-order valence-electron chi connectivity index (χ4n) is 2.84. The van der Waals surface area contributed by atoms with Crippen LogP contribution in [0.15, 0.2) is 36.4 Å². The molecule has 0 radical (unpaired) electrons. The maximum Gasteiger partial charge on any atom is 0.251 e. The Hall–Kier alpha value is -2.73. The molecule has 2 amide bonds. The normalized spacial score (nSPS) is 11.7. The summed E-state index contributed by atoms with van der Waals surface area (Å²) < 4.78 is 11.2. The van der Waals surface area contributed by atoms with Gasteiger partial charge in [0, 0.05) is 18.2 Å². The van der Waals surface area contributed by atoms with E-state index in [-0.39, 0.29) is 17.9 Å². The van der Waals surface area contributed by atoms with E-state index >= 15 is 0 Å². The minimum atomic E-state index is -0.290. The highest BCUT2D eigenvalue weighted by Gasteiger charge is 2.18. The van der Waals surface area contributed by atoms with Crippen molar-refractivity contribution in [2.24, 2.45) is 5.92 Å². The minimum absolute atomic E-state index is 0.152. The first-order valence-electron chi connectivity index (χ1n) is 9.90.